The lowest BCUT2D eigenvalue weighted by Crippen LogP contribution is -2.32. The Bertz CT molecular complexity index is 1020. The summed E-state index contributed by atoms with van der Waals surface area (Å²) in [5.41, 5.74) is 4.71. The summed E-state index contributed by atoms with van der Waals surface area (Å²) in [6.45, 7) is 1.42. The number of benzene rings is 3. The van der Waals surface area contributed by atoms with E-state index in [0.29, 0.717) is 6.61 Å². The number of rotatable bonds is 8. The maximum atomic E-state index is 6.30. The lowest BCUT2D eigenvalue weighted by atomic mass is 9.88. The number of fused-ring (bicyclic) bond motifs is 1. The molecule has 0 fully saturated rings. The molecule has 31 heavy (non-hydrogen) atoms. The van der Waals surface area contributed by atoms with Crippen LogP contribution in [0.1, 0.15) is 28.3 Å². The minimum absolute atomic E-state index is 0.114. The summed E-state index contributed by atoms with van der Waals surface area (Å²) in [4.78, 5) is 0. The van der Waals surface area contributed by atoms with Gasteiger partial charge < -0.3 is 24.3 Å². The van der Waals surface area contributed by atoms with Crippen LogP contribution in [0.15, 0.2) is 60.7 Å². The van der Waals surface area contributed by atoms with Gasteiger partial charge in [-0.25, -0.2) is 0 Å². The van der Waals surface area contributed by atoms with Gasteiger partial charge in [0.15, 0.2) is 11.5 Å². The topological polar surface area (TPSA) is 49.0 Å². The first-order chi connectivity index (χ1) is 15.2. The van der Waals surface area contributed by atoms with Crippen molar-refractivity contribution < 1.29 is 18.9 Å². The van der Waals surface area contributed by atoms with Gasteiger partial charge in [-0.15, -0.1) is 0 Å². The molecule has 0 aliphatic carbocycles. The van der Waals surface area contributed by atoms with Gasteiger partial charge in [-0.05, 0) is 54.8 Å². The van der Waals surface area contributed by atoms with Crippen molar-refractivity contribution in [3.63, 3.8) is 0 Å². The highest BCUT2D eigenvalue weighted by molar-refractivity contribution is 5.53. The molecule has 162 valence electrons. The second kappa shape index (κ2) is 9.75. The van der Waals surface area contributed by atoms with Gasteiger partial charge in [0.25, 0.3) is 0 Å². The predicted octanol–water partition coefficient (Wildman–Crippen LogP) is 4.72. The van der Waals surface area contributed by atoms with Crippen LogP contribution in [-0.2, 0) is 19.4 Å². The lowest BCUT2D eigenvalue weighted by molar-refractivity contribution is 0.294. The van der Waals surface area contributed by atoms with Crippen molar-refractivity contribution in [1.82, 2.24) is 5.32 Å². The summed E-state index contributed by atoms with van der Waals surface area (Å²) in [5, 5.41) is 3.67. The van der Waals surface area contributed by atoms with Gasteiger partial charge in [-0.3, -0.25) is 0 Å². The van der Waals surface area contributed by atoms with Gasteiger partial charge in [0.05, 0.1) is 21.3 Å². The SMILES string of the molecule is COc1ccc(CC2NCCc3c(OC)ccc(OCc4ccccc4)c32)cc1OC. The molecular formula is C26H29NO4. The molecule has 5 nitrogen and oxygen atoms in total. The van der Waals surface area contributed by atoms with Crippen LogP contribution in [0.5, 0.6) is 23.0 Å². The minimum atomic E-state index is 0.114. The fourth-order valence-electron chi connectivity index (χ4n) is 4.21. The van der Waals surface area contributed by atoms with E-state index < -0.39 is 0 Å². The normalized spacial score (nSPS) is 15.1. The van der Waals surface area contributed by atoms with Crippen LogP contribution in [0.25, 0.3) is 0 Å². The zero-order chi connectivity index (χ0) is 21.6. The van der Waals surface area contributed by atoms with E-state index in [2.05, 4.69) is 23.5 Å². The van der Waals surface area contributed by atoms with Crippen molar-refractivity contribution in [3.8, 4) is 23.0 Å². The second-order valence-electron chi connectivity index (χ2n) is 7.58. The van der Waals surface area contributed by atoms with Gasteiger partial charge in [0.1, 0.15) is 18.1 Å². The molecule has 0 aromatic heterocycles. The Kier molecular flexibility index (Phi) is 6.63. The summed E-state index contributed by atoms with van der Waals surface area (Å²) in [6, 6.07) is 20.5. The van der Waals surface area contributed by atoms with E-state index in [4.69, 9.17) is 18.9 Å². The minimum Gasteiger partial charge on any atom is -0.496 e. The Morgan fingerprint density at radius 1 is 0.774 bits per heavy atom. The maximum absolute atomic E-state index is 6.30. The van der Waals surface area contributed by atoms with Crippen LogP contribution < -0.4 is 24.3 Å². The van der Waals surface area contributed by atoms with E-state index in [9.17, 15) is 0 Å². The molecule has 4 rings (SSSR count). The van der Waals surface area contributed by atoms with E-state index in [0.717, 1.165) is 47.9 Å². The van der Waals surface area contributed by atoms with Crippen LogP contribution in [0.2, 0.25) is 0 Å². The Labute approximate surface area is 183 Å². The zero-order valence-electron chi connectivity index (χ0n) is 18.3. The fourth-order valence-corrected chi connectivity index (χ4v) is 4.21. The van der Waals surface area contributed by atoms with Gasteiger partial charge in [0, 0.05) is 17.2 Å². The average Bonchev–Trinajstić information content (AvgIpc) is 2.83. The Morgan fingerprint density at radius 3 is 2.23 bits per heavy atom. The third kappa shape index (κ3) is 4.62. The molecule has 1 heterocycles. The fraction of sp³-hybridized carbons (Fsp3) is 0.308. The number of hydrogen-bond donors (Lipinski definition) is 1. The van der Waals surface area contributed by atoms with Gasteiger partial charge in [-0.2, -0.15) is 0 Å². The molecule has 0 radical (unpaired) electrons. The van der Waals surface area contributed by atoms with Crippen LogP contribution in [0.3, 0.4) is 0 Å². The smallest absolute Gasteiger partial charge is 0.160 e. The molecule has 0 saturated carbocycles. The lowest BCUT2D eigenvalue weighted by Gasteiger charge is -2.30. The standard InChI is InChI=1S/C26H29NO4/c1-28-22-11-12-24(31-17-18-7-5-4-6-8-18)26-20(22)13-14-27-21(26)15-19-9-10-23(29-2)25(16-19)30-3/h4-12,16,21,27H,13-15,17H2,1-3H3. The van der Waals surface area contributed by atoms with E-state index in [-0.39, 0.29) is 6.04 Å². The first-order valence-corrected chi connectivity index (χ1v) is 10.5. The van der Waals surface area contributed by atoms with Crippen molar-refractivity contribution >= 4 is 0 Å². The van der Waals surface area contributed by atoms with E-state index in [1.54, 1.807) is 21.3 Å². The summed E-state index contributed by atoms with van der Waals surface area (Å²) in [6.07, 6.45) is 1.71. The quantitative estimate of drug-likeness (QED) is 0.573. The summed E-state index contributed by atoms with van der Waals surface area (Å²) in [5.74, 6) is 3.29. The summed E-state index contributed by atoms with van der Waals surface area (Å²) >= 11 is 0. The van der Waals surface area contributed by atoms with Gasteiger partial charge >= 0.3 is 0 Å². The molecule has 3 aromatic carbocycles. The highest BCUT2D eigenvalue weighted by Crippen LogP contribution is 2.40. The molecule has 0 amide bonds. The zero-order valence-corrected chi connectivity index (χ0v) is 18.3. The molecule has 1 N–H and O–H groups in total. The molecule has 5 heteroatoms. The molecule has 1 aliphatic heterocycles. The number of ether oxygens (including phenoxy) is 4. The highest BCUT2D eigenvalue weighted by Gasteiger charge is 2.27. The monoisotopic (exact) mass is 419 g/mol. The molecule has 3 aromatic rings. The van der Waals surface area contributed by atoms with Crippen molar-refractivity contribution in [3.05, 3.63) is 82.9 Å². The van der Waals surface area contributed by atoms with Crippen molar-refractivity contribution in [2.75, 3.05) is 27.9 Å². The van der Waals surface area contributed by atoms with Gasteiger partial charge in [0.2, 0.25) is 0 Å². The summed E-state index contributed by atoms with van der Waals surface area (Å²) in [7, 11) is 5.04. The highest BCUT2D eigenvalue weighted by atomic mass is 16.5. The third-order valence-corrected chi connectivity index (χ3v) is 5.73. The third-order valence-electron chi connectivity index (χ3n) is 5.73. The number of methoxy groups -OCH3 is 3. The van der Waals surface area contributed by atoms with Crippen LogP contribution in [0.4, 0.5) is 0 Å². The molecule has 0 bridgehead atoms. The van der Waals surface area contributed by atoms with Crippen molar-refractivity contribution in [1.29, 1.82) is 0 Å². The van der Waals surface area contributed by atoms with E-state index in [1.807, 2.05) is 42.5 Å². The van der Waals surface area contributed by atoms with Crippen LogP contribution in [-0.4, -0.2) is 27.9 Å². The van der Waals surface area contributed by atoms with E-state index in [1.165, 1.54) is 16.7 Å². The van der Waals surface area contributed by atoms with Crippen molar-refractivity contribution in [2.24, 2.45) is 0 Å². The maximum Gasteiger partial charge on any atom is 0.160 e. The second-order valence-corrected chi connectivity index (χ2v) is 7.58. The largest absolute Gasteiger partial charge is 0.496 e. The first kappa shape index (κ1) is 21.1. The Balaban J connectivity index is 1.65. The van der Waals surface area contributed by atoms with Crippen molar-refractivity contribution in [2.45, 2.75) is 25.5 Å². The molecular weight excluding hydrogens is 390 g/mol. The Morgan fingerprint density at radius 2 is 1.48 bits per heavy atom. The predicted molar refractivity (Wildman–Crippen MR) is 121 cm³/mol. The molecule has 1 aliphatic rings. The van der Waals surface area contributed by atoms with E-state index >= 15 is 0 Å². The molecule has 0 saturated heterocycles. The molecule has 0 spiro atoms. The van der Waals surface area contributed by atoms with Crippen LogP contribution >= 0.6 is 0 Å². The summed E-state index contributed by atoms with van der Waals surface area (Å²) < 4.78 is 22.9. The van der Waals surface area contributed by atoms with Crippen LogP contribution in [0, 0.1) is 0 Å². The molecule has 1 atom stereocenters. The Hall–Kier alpha value is -3.18. The first-order valence-electron chi connectivity index (χ1n) is 10.5. The molecule has 1 unspecified atom stereocenters. The number of nitrogens with one attached hydrogen (secondary N) is 1. The average molecular weight is 420 g/mol. The number of hydrogen-bond acceptors (Lipinski definition) is 5. The van der Waals surface area contributed by atoms with Gasteiger partial charge in [-0.1, -0.05) is 36.4 Å².